The molecule has 29 heavy (non-hydrogen) atoms. The third-order valence-corrected chi connectivity index (χ3v) is 4.04. The maximum atomic E-state index is 12.7. The minimum absolute atomic E-state index is 0.0447. The number of benzene rings is 1. The van der Waals surface area contributed by atoms with Gasteiger partial charge in [0.15, 0.2) is 0 Å². The normalized spacial score (nSPS) is 16.0. The molecule has 1 atom stereocenters. The molecule has 0 fully saturated rings. The second-order valence-corrected chi connectivity index (χ2v) is 5.81. The summed E-state index contributed by atoms with van der Waals surface area (Å²) in [6.45, 7) is 3.40. The second-order valence-electron chi connectivity index (χ2n) is 5.81. The quantitative estimate of drug-likeness (QED) is 0.411. The van der Waals surface area contributed by atoms with E-state index >= 15 is 0 Å². The average Bonchev–Trinajstić information content (AvgIpc) is 2.67. The van der Waals surface area contributed by atoms with Crippen LogP contribution in [0.4, 0.5) is 5.69 Å². The third kappa shape index (κ3) is 4.70. The van der Waals surface area contributed by atoms with Crippen LogP contribution in [-0.4, -0.2) is 30.1 Å². The van der Waals surface area contributed by atoms with Gasteiger partial charge in [0.1, 0.15) is 23.8 Å². The van der Waals surface area contributed by atoms with Crippen LogP contribution in [0.25, 0.3) is 0 Å². The Bertz CT molecular complexity index is 926. The number of nitriles is 1. The first kappa shape index (κ1) is 21.4. The minimum Gasteiger partial charge on any atom is -0.466 e. The Morgan fingerprint density at radius 1 is 1.24 bits per heavy atom. The average molecular weight is 401 g/mol. The third-order valence-electron chi connectivity index (χ3n) is 4.04. The fourth-order valence-electron chi connectivity index (χ4n) is 2.85. The lowest BCUT2D eigenvalue weighted by molar-refractivity contribution is -0.384. The van der Waals surface area contributed by atoms with E-state index in [-0.39, 0.29) is 41.7 Å². The number of hydrogen-bond donors (Lipinski definition) is 1. The molecule has 1 aromatic carbocycles. The van der Waals surface area contributed by atoms with Gasteiger partial charge in [-0.3, -0.25) is 14.9 Å². The van der Waals surface area contributed by atoms with Crippen LogP contribution in [-0.2, 0) is 23.8 Å². The summed E-state index contributed by atoms with van der Waals surface area (Å²) in [6, 6.07) is 7.19. The Morgan fingerprint density at radius 2 is 1.86 bits per heavy atom. The predicted octanol–water partition coefficient (Wildman–Crippen LogP) is 2.17. The van der Waals surface area contributed by atoms with Crippen LogP contribution in [0.3, 0.4) is 0 Å². The lowest BCUT2D eigenvalue weighted by atomic mass is 9.82. The van der Waals surface area contributed by atoms with Crippen molar-refractivity contribution in [2.75, 3.05) is 13.2 Å². The number of esters is 2. The molecule has 0 spiro atoms. The molecule has 0 radical (unpaired) electrons. The summed E-state index contributed by atoms with van der Waals surface area (Å²) in [5, 5.41) is 20.5. The van der Waals surface area contributed by atoms with Crippen molar-refractivity contribution in [3.8, 4) is 6.07 Å². The van der Waals surface area contributed by atoms with E-state index in [1.807, 2.05) is 6.07 Å². The van der Waals surface area contributed by atoms with Crippen LogP contribution in [0, 0.1) is 21.4 Å². The first-order valence-electron chi connectivity index (χ1n) is 8.71. The van der Waals surface area contributed by atoms with Gasteiger partial charge in [-0.05, 0) is 19.4 Å². The zero-order valence-corrected chi connectivity index (χ0v) is 15.8. The van der Waals surface area contributed by atoms with Gasteiger partial charge in [-0.2, -0.15) is 5.26 Å². The molecule has 0 unspecified atom stereocenters. The number of allylic oxidation sites excluding steroid dienone is 1. The number of carbonyl (C=O) groups excluding carboxylic acids is 2. The van der Waals surface area contributed by atoms with Crippen molar-refractivity contribution < 1.29 is 28.7 Å². The van der Waals surface area contributed by atoms with Crippen LogP contribution < -0.4 is 5.73 Å². The molecule has 1 aromatic rings. The van der Waals surface area contributed by atoms with Crippen molar-refractivity contribution in [2.24, 2.45) is 5.73 Å². The molecule has 0 aliphatic carbocycles. The van der Waals surface area contributed by atoms with E-state index in [1.165, 1.54) is 24.3 Å². The van der Waals surface area contributed by atoms with Gasteiger partial charge in [0.2, 0.25) is 5.88 Å². The van der Waals surface area contributed by atoms with E-state index < -0.39 is 29.2 Å². The van der Waals surface area contributed by atoms with Crippen molar-refractivity contribution in [3.63, 3.8) is 0 Å². The minimum atomic E-state index is -1.02. The van der Waals surface area contributed by atoms with E-state index in [2.05, 4.69) is 0 Å². The smallest absolute Gasteiger partial charge is 0.338 e. The Labute approximate surface area is 166 Å². The van der Waals surface area contributed by atoms with Crippen LogP contribution in [0.2, 0.25) is 0 Å². The fraction of sp³-hybridized carbons (Fsp3) is 0.316. The van der Waals surface area contributed by atoms with E-state index in [0.717, 1.165) is 0 Å². The Hall–Kier alpha value is -3.87. The molecule has 1 aliphatic rings. The topological polar surface area (TPSA) is 155 Å². The summed E-state index contributed by atoms with van der Waals surface area (Å²) < 4.78 is 15.4. The molecule has 1 aliphatic heterocycles. The number of non-ortho nitro benzene ring substituents is 1. The predicted molar refractivity (Wildman–Crippen MR) is 98.7 cm³/mol. The maximum Gasteiger partial charge on any atom is 0.338 e. The molecule has 0 aromatic heterocycles. The van der Waals surface area contributed by atoms with Crippen LogP contribution in [0.1, 0.15) is 31.7 Å². The zero-order chi connectivity index (χ0) is 21.6. The van der Waals surface area contributed by atoms with Gasteiger partial charge in [-0.15, -0.1) is 0 Å². The number of carbonyl (C=O) groups is 2. The summed E-state index contributed by atoms with van der Waals surface area (Å²) in [7, 11) is 0. The van der Waals surface area contributed by atoms with Crippen molar-refractivity contribution in [2.45, 2.75) is 26.2 Å². The van der Waals surface area contributed by atoms with E-state index in [1.54, 1.807) is 13.8 Å². The molecule has 0 bridgehead atoms. The Balaban J connectivity index is 2.63. The SMILES string of the molecule is CCOC(=O)CC1=C(C(=O)OCC)[C@@H](c2ccc([N+](=O)[O-])cc2)C(C#N)=C(N)O1. The van der Waals surface area contributed by atoms with Gasteiger partial charge in [0.25, 0.3) is 5.69 Å². The molecule has 0 amide bonds. The number of nitrogens with zero attached hydrogens (tertiary/aromatic N) is 2. The summed E-state index contributed by atoms with van der Waals surface area (Å²) in [4.78, 5) is 35.0. The molecule has 2 rings (SSSR count). The van der Waals surface area contributed by atoms with Crippen LogP contribution in [0.5, 0.6) is 0 Å². The molecule has 10 nitrogen and oxygen atoms in total. The van der Waals surface area contributed by atoms with Gasteiger partial charge in [-0.25, -0.2) is 4.79 Å². The molecular weight excluding hydrogens is 382 g/mol. The maximum absolute atomic E-state index is 12.7. The number of nitro benzene ring substituents is 1. The van der Waals surface area contributed by atoms with Gasteiger partial charge >= 0.3 is 11.9 Å². The molecule has 10 heteroatoms. The summed E-state index contributed by atoms with van der Waals surface area (Å²) >= 11 is 0. The highest BCUT2D eigenvalue weighted by Crippen LogP contribution is 2.41. The molecule has 0 saturated heterocycles. The first-order chi connectivity index (χ1) is 13.8. The van der Waals surface area contributed by atoms with Crippen molar-refractivity contribution >= 4 is 17.6 Å². The summed E-state index contributed by atoms with van der Waals surface area (Å²) in [5.41, 5.74) is 5.92. The number of nitrogens with two attached hydrogens (primary N) is 1. The number of hydrogen-bond acceptors (Lipinski definition) is 9. The van der Waals surface area contributed by atoms with E-state index in [9.17, 15) is 25.0 Å². The molecule has 0 saturated carbocycles. The van der Waals surface area contributed by atoms with Crippen molar-refractivity contribution in [1.29, 1.82) is 5.26 Å². The highest BCUT2D eigenvalue weighted by atomic mass is 16.6. The molecule has 2 N–H and O–H groups in total. The first-order valence-corrected chi connectivity index (χ1v) is 8.71. The zero-order valence-electron chi connectivity index (χ0n) is 15.8. The number of rotatable bonds is 7. The van der Waals surface area contributed by atoms with Crippen molar-refractivity contribution in [3.05, 3.63) is 62.7 Å². The largest absolute Gasteiger partial charge is 0.466 e. The monoisotopic (exact) mass is 401 g/mol. The second kappa shape index (κ2) is 9.36. The lowest BCUT2D eigenvalue weighted by Crippen LogP contribution is -2.27. The fourth-order valence-corrected chi connectivity index (χ4v) is 2.85. The number of nitro groups is 1. The standard InChI is InChI=1S/C19H19N3O7/c1-3-27-15(23)9-14-17(19(24)28-4-2)16(13(10-20)18(21)29-14)11-5-7-12(8-6-11)22(25)26/h5-8,16H,3-4,9,21H2,1-2H3/t16-/m0/s1. The Morgan fingerprint density at radius 3 is 2.38 bits per heavy atom. The molecule has 1 heterocycles. The number of ether oxygens (including phenoxy) is 3. The summed E-state index contributed by atoms with van der Waals surface area (Å²) in [6.07, 6.45) is -0.398. The van der Waals surface area contributed by atoms with E-state index in [0.29, 0.717) is 5.56 Å². The van der Waals surface area contributed by atoms with Crippen LogP contribution >= 0.6 is 0 Å². The van der Waals surface area contributed by atoms with Gasteiger partial charge in [0, 0.05) is 12.1 Å². The van der Waals surface area contributed by atoms with Crippen molar-refractivity contribution in [1.82, 2.24) is 0 Å². The highest BCUT2D eigenvalue weighted by molar-refractivity contribution is 5.93. The van der Waals surface area contributed by atoms with Gasteiger partial charge < -0.3 is 19.9 Å². The van der Waals surface area contributed by atoms with E-state index in [4.69, 9.17) is 19.9 Å². The van der Waals surface area contributed by atoms with Crippen LogP contribution in [0.15, 0.2) is 47.1 Å². The molecule has 152 valence electrons. The highest BCUT2D eigenvalue weighted by Gasteiger charge is 2.38. The Kier molecular flexibility index (Phi) is 6.92. The lowest BCUT2D eigenvalue weighted by Gasteiger charge is -2.27. The summed E-state index contributed by atoms with van der Waals surface area (Å²) in [5.74, 6) is -2.83. The van der Waals surface area contributed by atoms with Gasteiger partial charge in [0.05, 0.1) is 29.6 Å². The molecular formula is C19H19N3O7. The van der Waals surface area contributed by atoms with Gasteiger partial charge in [-0.1, -0.05) is 12.1 Å².